The first-order valence-corrected chi connectivity index (χ1v) is 7.68. The van der Waals surface area contributed by atoms with E-state index in [4.69, 9.17) is 11.6 Å². The van der Waals surface area contributed by atoms with Crippen LogP contribution in [0.3, 0.4) is 0 Å². The van der Waals surface area contributed by atoms with Crippen LogP contribution in [0, 0.1) is 3.57 Å². The highest BCUT2D eigenvalue weighted by molar-refractivity contribution is 14.1. The zero-order valence-electron chi connectivity index (χ0n) is 9.41. The molecule has 0 aromatic heterocycles. The molecule has 1 N–H and O–H groups in total. The van der Waals surface area contributed by atoms with Crippen LogP contribution in [0.4, 0.5) is 0 Å². The predicted molar refractivity (Wildman–Crippen MR) is 87.0 cm³/mol. The zero-order chi connectivity index (χ0) is 13.1. The summed E-state index contributed by atoms with van der Waals surface area (Å²) < 4.78 is 2.10. The second-order valence-electron chi connectivity index (χ2n) is 4.01. The van der Waals surface area contributed by atoms with Crippen molar-refractivity contribution < 1.29 is 5.11 Å². The van der Waals surface area contributed by atoms with Crippen molar-refractivity contribution in [3.05, 3.63) is 66.7 Å². The van der Waals surface area contributed by atoms with E-state index in [9.17, 15) is 5.11 Å². The smallest absolute Gasteiger partial charge is 0.0830 e. The van der Waals surface area contributed by atoms with E-state index in [1.165, 1.54) is 0 Å². The molecule has 1 nitrogen and oxygen atoms in total. The largest absolute Gasteiger partial charge is 0.388 e. The van der Waals surface area contributed by atoms with Crippen LogP contribution in [-0.2, 0) is 6.42 Å². The minimum absolute atomic E-state index is 0.521. The maximum atomic E-state index is 10.2. The van der Waals surface area contributed by atoms with Gasteiger partial charge in [0.15, 0.2) is 0 Å². The maximum absolute atomic E-state index is 10.2. The van der Waals surface area contributed by atoms with Gasteiger partial charge in [-0.3, -0.25) is 0 Å². The van der Waals surface area contributed by atoms with Gasteiger partial charge in [-0.05, 0) is 58.0 Å². The van der Waals surface area contributed by atoms with E-state index in [1.807, 2.05) is 42.5 Å². The highest BCUT2D eigenvalue weighted by Gasteiger charge is 2.11. The summed E-state index contributed by atoms with van der Waals surface area (Å²) in [5, 5.41) is 10.9. The molecule has 4 heteroatoms. The Labute approximate surface area is 133 Å². The fourth-order valence-corrected chi connectivity index (χ4v) is 2.81. The van der Waals surface area contributed by atoms with Crippen molar-refractivity contribution in [3.8, 4) is 0 Å². The van der Waals surface area contributed by atoms with Gasteiger partial charge in [-0.15, -0.1) is 0 Å². The van der Waals surface area contributed by atoms with Gasteiger partial charge in [0.1, 0.15) is 0 Å². The molecule has 0 saturated heterocycles. The monoisotopic (exact) mass is 436 g/mol. The van der Waals surface area contributed by atoms with Gasteiger partial charge in [0.25, 0.3) is 0 Å². The van der Waals surface area contributed by atoms with E-state index in [-0.39, 0.29) is 0 Å². The zero-order valence-corrected chi connectivity index (χ0v) is 13.9. The van der Waals surface area contributed by atoms with E-state index in [0.717, 1.165) is 19.2 Å². The summed E-state index contributed by atoms with van der Waals surface area (Å²) in [5.41, 5.74) is 1.86. The Morgan fingerprint density at radius 1 is 1.17 bits per heavy atom. The lowest BCUT2D eigenvalue weighted by atomic mass is 10.0. The second-order valence-corrected chi connectivity index (χ2v) is 6.58. The number of halogens is 3. The lowest BCUT2D eigenvalue weighted by Crippen LogP contribution is -2.02. The van der Waals surface area contributed by atoms with Crippen molar-refractivity contribution in [2.75, 3.05) is 0 Å². The fourth-order valence-electron chi connectivity index (χ4n) is 1.70. The summed E-state index contributed by atoms with van der Waals surface area (Å²) in [4.78, 5) is 0. The molecule has 0 fully saturated rings. The molecule has 1 unspecified atom stereocenters. The molecule has 94 valence electrons. The summed E-state index contributed by atoms with van der Waals surface area (Å²) in [5.74, 6) is 0. The summed E-state index contributed by atoms with van der Waals surface area (Å²) >= 11 is 11.8. The van der Waals surface area contributed by atoms with Gasteiger partial charge in [0.2, 0.25) is 0 Å². The van der Waals surface area contributed by atoms with Crippen LogP contribution in [0.15, 0.2) is 46.9 Å². The van der Waals surface area contributed by atoms with Crippen LogP contribution < -0.4 is 0 Å². The predicted octanol–water partition coefficient (Wildman–Crippen LogP) is 4.98. The fraction of sp³-hybridized carbons (Fsp3) is 0.143. The number of aliphatic hydroxyl groups excluding tert-OH is 1. The van der Waals surface area contributed by atoms with E-state index in [0.29, 0.717) is 11.4 Å². The van der Waals surface area contributed by atoms with Crippen LogP contribution in [0.2, 0.25) is 5.02 Å². The van der Waals surface area contributed by atoms with Gasteiger partial charge in [-0.25, -0.2) is 0 Å². The van der Waals surface area contributed by atoms with Crippen LogP contribution in [0.25, 0.3) is 0 Å². The third-order valence-electron chi connectivity index (χ3n) is 2.68. The van der Waals surface area contributed by atoms with E-state index < -0.39 is 6.10 Å². The number of rotatable bonds is 3. The first-order valence-electron chi connectivity index (χ1n) is 5.44. The summed E-state index contributed by atoms with van der Waals surface area (Å²) in [7, 11) is 0. The maximum Gasteiger partial charge on any atom is 0.0830 e. The molecule has 0 spiro atoms. The molecule has 0 aliphatic carbocycles. The van der Waals surface area contributed by atoms with Gasteiger partial charge in [-0.1, -0.05) is 45.7 Å². The highest BCUT2D eigenvalue weighted by atomic mass is 127. The summed E-state index contributed by atoms with van der Waals surface area (Å²) in [6.07, 6.45) is -0.00661. The molecule has 2 aromatic rings. The van der Waals surface area contributed by atoms with Gasteiger partial charge in [0, 0.05) is 19.5 Å². The summed E-state index contributed by atoms with van der Waals surface area (Å²) in [6, 6.07) is 13.6. The van der Waals surface area contributed by atoms with E-state index in [2.05, 4.69) is 38.5 Å². The average Bonchev–Trinajstić information content (AvgIpc) is 2.33. The van der Waals surface area contributed by atoms with Gasteiger partial charge < -0.3 is 5.11 Å². The molecule has 0 bridgehead atoms. The third kappa shape index (κ3) is 3.70. The van der Waals surface area contributed by atoms with Crippen LogP contribution in [0.5, 0.6) is 0 Å². The van der Waals surface area contributed by atoms with E-state index in [1.54, 1.807) is 0 Å². The molecule has 0 heterocycles. The summed E-state index contributed by atoms with van der Waals surface area (Å²) in [6.45, 7) is 0. The Hall–Kier alpha value is -0.100. The third-order valence-corrected chi connectivity index (χ3v) is 4.25. The van der Waals surface area contributed by atoms with Crippen LogP contribution >= 0.6 is 50.1 Å². The van der Waals surface area contributed by atoms with Crippen LogP contribution in [0.1, 0.15) is 17.2 Å². The van der Waals surface area contributed by atoms with Crippen LogP contribution in [-0.4, -0.2) is 5.11 Å². The Kier molecular flexibility index (Phi) is 5.06. The topological polar surface area (TPSA) is 20.2 Å². The van der Waals surface area contributed by atoms with Crippen molar-refractivity contribution in [2.24, 2.45) is 0 Å². The lowest BCUT2D eigenvalue weighted by molar-refractivity contribution is 0.178. The van der Waals surface area contributed by atoms with Crippen molar-refractivity contribution in [1.82, 2.24) is 0 Å². The first-order chi connectivity index (χ1) is 8.56. The first kappa shape index (κ1) is 14.3. The quantitative estimate of drug-likeness (QED) is 0.672. The Bertz CT molecular complexity index is 542. The van der Waals surface area contributed by atoms with Crippen molar-refractivity contribution in [3.63, 3.8) is 0 Å². The molecule has 0 radical (unpaired) electrons. The Morgan fingerprint density at radius 3 is 2.44 bits per heavy atom. The molecule has 0 aliphatic rings. The second kappa shape index (κ2) is 6.37. The average molecular weight is 438 g/mol. The number of aliphatic hydroxyl groups is 1. The molecular formula is C14H11BrClIO. The van der Waals surface area contributed by atoms with E-state index >= 15 is 0 Å². The number of benzene rings is 2. The minimum Gasteiger partial charge on any atom is -0.388 e. The number of hydrogen-bond donors (Lipinski definition) is 1. The Morgan fingerprint density at radius 2 is 1.83 bits per heavy atom. The normalized spacial score (nSPS) is 12.4. The van der Waals surface area contributed by atoms with Gasteiger partial charge >= 0.3 is 0 Å². The van der Waals surface area contributed by atoms with Gasteiger partial charge in [0.05, 0.1) is 6.10 Å². The Balaban J connectivity index is 2.15. The minimum atomic E-state index is -0.527. The molecular weight excluding hydrogens is 426 g/mol. The molecule has 0 aliphatic heterocycles. The highest BCUT2D eigenvalue weighted by Crippen LogP contribution is 2.26. The molecule has 1 atom stereocenters. The molecule has 0 amide bonds. The van der Waals surface area contributed by atoms with Crippen molar-refractivity contribution in [2.45, 2.75) is 12.5 Å². The molecule has 2 rings (SSSR count). The standard InChI is InChI=1S/C14H11BrClIO/c15-11-4-1-10(13(16)8-11)7-14(18)9-2-5-12(17)6-3-9/h1-6,8,14,18H,7H2. The van der Waals surface area contributed by atoms with Crippen molar-refractivity contribution in [1.29, 1.82) is 0 Å². The molecule has 2 aromatic carbocycles. The van der Waals surface area contributed by atoms with Crippen molar-refractivity contribution >= 4 is 50.1 Å². The molecule has 18 heavy (non-hydrogen) atoms. The van der Waals surface area contributed by atoms with Gasteiger partial charge in [-0.2, -0.15) is 0 Å². The SMILES string of the molecule is OC(Cc1ccc(Br)cc1Cl)c1ccc(I)cc1. The lowest BCUT2D eigenvalue weighted by Gasteiger charge is -2.12. The molecule has 0 saturated carbocycles. The number of hydrogen-bond acceptors (Lipinski definition) is 1.